The van der Waals surface area contributed by atoms with Gasteiger partial charge in [-0.3, -0.25) is 9.98 Å². The van der Waals surface area contributed by atoms with Gasteiger partial charge in [0.25, 0.3) is 0 Å². The molecular formula is C28H24N2O4. The van der Waals surface area contributed by atoms with Crippen molar-refractivity contribution in [2.75, 3.05) is 0 Å². The fourth-order valence-corrected chi connectivity index (χ4v) is 3.65. The normalized spacial score (nSPS) is 13.3. The van der Waals surface area contributed by atoms with Crippen LogP contribution in [0.4, 0.5) is 0 Å². The molecule has 4 aromatic rings. The van der Waals surface area contributed by atoms with Crippen molar-refractivity contribution in [3.63, 3.8) is 0 Å². The van der Waals surface area contributed by atoms with Crippen molar-refractivity contribution < 1.29 is 20.4 Å². The van der Waals surface area contributed by atoms with E-state index < -0.39 is 12.1 Å². The topological polar surface area (TPSA) is 106 Å². The monoisotopic (exact) mass is 452 g/mol. The maximum Gasteiger partial charge on any atom is 0.124 e. The molecule has 6 heteroatoms. The smallest absolute Gasteiger partial charge is 0.124 e. The minimum Gasteiger partial charge on any atom is -0.508 e. The number of aromatic hydroxyl groups is 4. The molecule has 34 heavy (non-hydrogen) atoms. The molecule has 2 atom stereocenters. The standard InChI is InChI=1S/C28H24N2O4/c31-23-13-5-1-9-19(23)17-29-27(21-11-3-7-15-25(21)33)28(22-12-4-8-16-26(22)34)30-18-20-10-2-6-14-24(20)32/h1-18,27-28,31-34H. The average molecular weight is 453 g/mol. The van der Waals surface area contributed by atoms with Gasteiger partial charge in [-0.25, -0.2) is 0 Å². The lowest BCUT2D eigenvalue weighted by Crippen LogP contribution is -2.10. The first-order chi connectivity index (χ1) is 16.5. The Hall–Kier alpha value is -4.58. The molecule has 0 fully saturated rings. The van der Waals surface area contributed by atoms with Gasteiger partial charge in [-0.15, -0.1) is 0 Å². The molecule has 0 aliphatic heterocycles. The summed E-state index contributed by atoms with van der Waals surface area (Å²) in [4.78, 5) is 9.41. The summed E-state index contributed by atoms with van der Waals surface area (Å²) in [6.45, 7) is 0. The average Bonchev–Trinajstić information content (AvgIpc) is 2.84. The molecule has 0 amide bonds. The molecule has 4 N–H and O–H groups in total. The molecular weight excluding hydrogens is 428 g/mol. The Morgan fingerprint density at radius 2 is 0.765 bits per heavy atom. The van der Waals surface area contributed by atoms with Gasteiger partial charge in [0, 0.05) is 34.7 Å². The molecule has 0 bridgehead atoms. The van der Waals surface area contributed by atoms with Gasteiger partial charge >= 0.3 is 0 Å². The zero-order valence-corrected chi connectivity index (χ0v) is 18.2. The molecule has 0 aliphatic rings. The highest BCUT2D eigenvalue weighted by molar-refractivity contribution is 5.84. The summed E-state index contributed by atoms with van der Waals surface area (Å²) in [5.41, 5.74) is 2.00. The Bertz CT molecular complexity index is 1230. The van der Waals surface area contributed by atoms with E-state index in [-0.39, 0.29) is 23.0 Å². The molecule has 4 rings (SSSR count). The molecule has 0 saturated carbocycles. The van der Waals surface area contributed by atoms with E-state index in [0.29, 0.717) is 22.3 Å². The second kappa shape index (κ2) is 10.4. The lowest BCUT2D eigenvalue weighted by Gasteiger charge is -2.23. The van der Waals surface area contributed by atoms with Gasteiger partial charge in [0.1, 0.15) is 35.1 Å². The third-order valence-electron chi connectivity index (χ3n) is 5.43. The number of aliphatic imine (C=N–C) groups is 2. The number of nitrogens with zero attached hydrogens (tertiary/aromatic N) is 2. The van der Waals surface area contributed by atoms with Crippen LogP contribution in [0.5, 0.6) is 23.0 Å². The minimum atomic E-state index is -0.754. The van der Waals surface area contributed by atoms with Crippen LogP contribution in [0, 0.1) is 0 Å². The summed E-state index contributed by atoms with van der Waals surface area (Å²) < 4.78 is 0. The first-order valence-corrected chi connectivity index (χ1v) is 10.7. The summed E-state index contributed by atoms with van der Waals surface area (Å²) in [5.74, 6) is 0.193. The summed E-state index contributed by atoms with van der Waals surface area (Å²) in [6.07, 6.45) is 3.05. The van der Waals surface area contributed by atoms with Crippen molar-refractivity contribution in [1.29, 1.82) is 0 Å². The van der Waals surface area contributed by atoms with Crippen LogP contribution in [0.15, 0.2) is 107 Å². The van der Waals surface area contributed by atoms with E-state index in [1.807, 2.05) is 0 Å². The van der Waals surface area contributed by atoms with Crippen LogP contribution in [0.3, 0.4) is 0 Å². The second-order valence-electron chi connectivity index (χ2n) is 7.68. The minimum absolute atomic E-state index is 0.0279. The van der Waals surface area contributed by atoms with Gasteiger partial charge in [-0.05, 0) is 36.4 Å². The first-order valence-electron chi connectivity index (χ1n) is 10.7. The van der Waals surface area contributed by atoms with Gasteiger partial charge in [0.2, 0.25) is 0 Å². The third-order valence-corrected chi connectivity index (χ3v) is 5.43. The SMILES string of the molecule is Oc1ccccc1C=NC(c1ccccc1O)C(N=Cc1ccccc1O)c1ccccc1O. The van der Waals surface area contributed by atoms with Crippen molar-refractivity contribution in [2.45, 2.75) is 12.1 Å². The van der Waals surface area contributed by atoms with Crippen molar-refractivity contribution in [3.05, 3.63) is 119 Å². The Labute approximate surface area is 197 Å². The highest BCUT2D eigenvalue weighted by atomic mass is 16.3. The van der Waals surface area contributed by atoms with Crippen LogP contribution in [-0.4, -0.2) is 32.9 Å². The molecule has 0 spiro atoms. The van der Waals surface area contributed by atoms with Gasteiger partial charge in [-0.1, -0.05) is 60.7 Å². The molecule has 0 radical (unpaired) electrons. The van der Waals surface area contributed by atoms with Crippen LogP contribution < -0.4 is 0 Å². The van der Waals surface area contributed by atoms with Gasteiger partial charge in [0.15, 0.2) is 0 Å². The molecule has 0 aliphatic carbocycles. The van der Waals surface area contributed by atoms with Crippen molar-refractivity contribution in [2.24, 2.45) is 9.98 Å². The van der Waals surface area contributed by atoms with Gasteiger partial charge < -0.3 is 20.4 Å². The Morgan fingerprint density at radius 1 is 0.441 bits per heavy atom. The number of phenolic OH excluding ortho intramolecular Hbond substituents is 4. The zero-order chi connectivity index (χ0) is 23.9. The van der Waals surface area contributed by atoms with E-state index in [1.54, 1.807) is 97.1 Å². The summed E-state index contributed by atoms with van der Waals surface area (Å²) in [5, 5.41) is 41.7. The molecule has 170 valence electrons. The van der Waals surface area contributed by atoms with Crippen LogP contribution >= 0.6 is 0 Å². The largest absolute Gasteiger partial charge is 0.508 e. The third kappa shape index (κ3) is 5.07. The van der Waals surface area contributed by atoms with Crippen LogP contribution in [0.1, 0.15) is 34.3 Å². The number of hydrogen-bond acceptors (Lipinski definition) is 6. The Balaban J connectivity index is 1.87. The second-order valence-corrected chi connectivity index (χ2v) is 7.68. The zero-order valence-electron chi connectivity index (χ0n) is 18.2. The Kier molecular flexibility index (Phi) is 6.89. The number of rotatable bonds is 7. The summed E-state index contributed by atoms with van der Waals surface area (Å²) in [7, 11) is 0. The summed E-state index contributed by atoms with van der Waals surface area (Å²) in [6, 6.07) is 25.7. The number of hydrogen-bond donors (Lipinski definition) is 4. The van der Waals surface area contributed by atoms with E-state index in [4.69, 9.17) is 9.98 Å². The van der Waals surface area contributed by atoms with E-state index in [0.717, 1.165) is 0 Å². The maximum atomic E-state index is 10.6. The first kappa shape index (κ1) is 22.6. The van der Waals surface area contributed by atoms with E-state index in [1.165, 1.54) is 12.4 Å². The predicted octanol–water partition coefficient (Wildman–Crippen LogP) is 5.53. The van der Waals surface area contributed by atoms with Crippen molar-refractivity contribution in [3.8, 4) is 23.0 Å². The maximum absolute atomic E-state index is 10.6. The number of benzene rings is 4. The summed E-state index contributed by atoms with van der Waals surface area (Å²) >= 11 is 0. The molecule has 2 unspecified atom stereocenters. The molecule has 4 aromatic carbocycles. The van der Waals surface area contributed by atoms with E-state index >= 15 is 0 Å². The highest BCUT2D eigenvalue weighted by Crippen LogP contribution is 2.42. The molecule has 0 saturated heterocycles. The fourth-order valence-electron chi connectivity index (χ4n) is 3.65. The van der Waals surface area contributed by atoms with Crippen LogP contribution in [0.2, 0.25) is 0 Å². The molecule has 0 heterocycles. The highest BCUT2D eigenvalue weighted by Gasteiger charge is 2.27. The Morgan fingerprint density at radius 3 is 1.12 bits per heavy atom. The number of para-hydroxylation sites is 4. The van der Waals surface area contributed by atoms with E-state index in [2.05, 4.69) is 0 Å². The predicted molar refractivity (Wildman–Crippen MR) is 133 cm³/mol. The van der Waals surface area contributed by atoms with Gasteiger partial charge in [-0.2, -0.15) is 0 Å². The van der Waals surface area contributed by atoms with E-state index in [9.17, 15) is 20.4 Å². The van der Waals surface area contributed by atoms with Gasteiger partial charge in [0.05, 0.1) is 0 Å². The number of phenols is 4. The van der Waals surface area contributed by atoms with Crippen LogP contribution in [-0.2, 0) is 0 Å². The van der Waals surface area contributed by atoms with Crippen LogP contribution in [0.25, 0.3) is 0 Å². The lowest BCUT2D eigenvalue weighted by molar-refractivity contribution is 0.438. The molecule has 0 aromatic heterocycles. The molecule has 6 nitrogen and oxygen atoms in total. The van der Waals surface area contributed by atoms with Crippen molar-refractivity contribution in [1.82, 2.24) is 0 Å². The van der Waals surface area contributed by atoms with Crippen molar-refractivity contribution >= 4 is 12.4 Å². The fraction of sp³-hybridized carbons (Fsp3) is 0.0714. The lowest BCUT2D eigenvalue weighted by atomic mass is 9.92. The quantitative estimate of drug-likeness (QED) is 0.277.